The lowest BCUT2D eigenvalue weighted by Gasteiger charge is -2.37. The first-order valence-electron chi connectivity index (χ1n) is 14.5. The van der Waals surface area contributed by atoms with E-state index < -0.39 is 0 Å². The highest BCUT2D eigenvalue weighted by atomic mass is 16.5. The largest absolute Gasteiger partial charge is 0.389 e. The van der Waals surface area contributed by atoms with Crippen molar-refractivity contribution in [1.82, 2.24) is 0 Å². The Balaban J connectivity index is 2.35. The summed E-state index contributed by atoms with van der Waals surface area (Å²) >= 11 is 0. The first-order chi connectivity index (χ1) is 15.8. The molecule has 0 saturated heterocycles. The number of allylic oxidation sites excluding steroid dienone is 2. The zero-order valence-electron chi connectivity index (χ0n) is 23.4. The minimum atomic E-state index is -0.321. The van der Waals surface area contributed by atoms with Gasteiger partial charge in [-0.2, -0.15) is 0 Å². The van der Waals surface area contributed by atoms with Crippen molar-refractivity contribution >= 4 is 0 Å². The van der Waals surface area contributed by atoms with Crippen LogP contribution in [0.4, 0.5) is 0 Å². The smallest absolute Gasteiger partial charge is 0.0815 e. The summed E-state index contributed by atoms with van der Waals surface area (Å²) in [4.78, 5) is 0. The van der Waals surface area contributed by atoms with Crippen molar-refractivity contribution in [3.63, 3.8) is 0 Å². The van der Waals surface area contributed by atoms with E-state index in [2.05, 4.69) is 60.6 Å². The molecule has 0 aromatic carbocycles. The number of unbranched alkanes of at least 4 members (excludes halogenated alkanes) is 3. The standard InChI is InChI=1S/C31H58O2/c1-8-10-12-15-24(3)16-13-17-25(4)18-14-19-26(5)20-21-29-23-30(32)27(6)28(7)31(29)33-22-11-9-2/h17,23-24,26-28,30-32H,8-16,18-22H2,1-7H3/b25-17+. The van der Waals surface area contributed by atoms with Crippen LogP contribution in [0.25, 0.3) is 0 Å². The van der Waals surface area contributed by atoms with E-state index in [-0.39, 0.29) is 18.1 Å². The van der Waals surface area contributed by atoms with Crippen LogP contribution in [0.1, 0.15) is 132 Å². The van der Waals surface area contributed by atoms with E-state index in [1.807, 2.05) is 0 Å². The molecule has 1 N–H and O–H groups in total. The molecule has 0 fully saturated rings. The van der Waals surface area contributed by atoms with Gasteiger partial charge in [0.1, 0.15) is 0 Å². The van der Waals surface area contributed by atoms with E-state index in [4.69, 9.17) is 4.74 Å². The van der Waals surface area contributed by atoms with Crippen LogP contribution in [0, 0.1) is 23.7 Å². The van der Waals surface area contributed by atoms with Crippen molar-refractivity contribution in [2.45, 2.75) is 144 Å². The topological polar surface area (TPSA) is 29.5 Å². The maximum atomic E-state index is 10.5. The monoisotopic (exact) mass is 462 g/mol. The van der Waals surface area contributed by atoms with Gasteiger partial charge in [-0.05, 0) is 81.1 Å². The molecule has 0 aliphatic heterocycles. The van der Waals surface area contributed by atoms with Crippen LogP contribution in [0.5, 0.6) is 0 Å². The summed E-state index contributed by atoms with van der Waals surface area (Å²) in [5.74, 6) is 2.25. The SMILES string of the molecule is CCCCCC(C)CC/C=C(\C)CCCC(C)CCC1=CC(O)C(C)C(C)C1OCCCC. The molecule has 1 rings (SSSR count). The van der Waals surface area contributed by atoms with E-state index in [1.165, 1.54) is 76.2 Å². The molecule has 0 amide bonds. The molecule has 0 heterocycles. The number of hydrogen-bond donors (Lipinski definition) is 1. The first kappa shape index (κ1) is 30.4. The summed E-state index contributed by atoms with van der Waals surface area (Å²) in [6.07, 6.45) is 21.0. The molecule has 2 nitrogen and oxygen atoms in total. The molecule has 0 saturated carbocycles. The molecular weight excluding hydrogens is 404 g/mol. The second kappa shape index (κ2) is 17.8. The first-order valence-corrected chi connectivity index (χ1v) is 14.5. The van der Waals surface area contributed by atoms with Gasteiger partial charge >= 0.3 is 0 Å². The molecule has 194 valence electrons. The van der Waals surface area contributed by atoms with Crippen LogP contribution in [0.2, 0.25) is 0 Å². The zero-order chi connectivity index (χ0) is 24.6. The summed E-state index contributed by atoms with van der Waals surface area (Å²) in [6, 6.07) is 0. The van der Waals surface area contributed by atoms with Gasteiger partial charge < -0.3 is 9.84 Å². The third-order valence-electron chi connectivity index (χ3n) is 8.04. The van der Waals surface area contributed by atoms with E-state index in [9.17, 15) is 5.11 Å². The highest BCUT2D eigenvalue weighted by Crippen LogP contribution is 2.35. The predicted molar refractivity (Wildman–Crippen MR) is 146 cm³/mol. The summed E-state index contributed by atoms with van der Waals surface area (Å²) in [6.45, 7) is 16.9. The Labute approximate surface area is 207 Å². The van der Waals surface area contributed by atoms with Crippen LogP contribution >= 0.6 is 0 Å². The maximum Gasteiger partial charge on any atom is 0.0815 e. The van der Waals surface area contributed by atoms with Crippen LogP contribution in [0.3, 0.4) is 0 Å². The van der Waals surface area contributed by atoms with Gasteiger partial charge in [0.15, 0.2) is 0 Å². The third-order valence-corrected chi connectivity index (χ3v) is 8.04. The van der Waals surface area contributed by atoms with E-state index in [1.54, 1.807) is 5.57 Å². The highest BCUT2D eigenvalue weighted by Gasteiger charge is 2.34. The van der Waals surface area contributed by atoms with E-state index >= 15 is 0 Å². The van der Waals surface area contributed by atoms with Crippen molar-refractivity contribution in [2.24, 2.45) is 23.7 Å². The second-order valence-corrected chi connectivity index (χ2v) is 11.4. The van der Waals surface area contributed by atoms with Gasteiger partial charge in [0.05, 0.1) is 12.2 Å². The van der Waals surface area contributed by atoms with Gasteiger partial charge in [0, 0.05) is 6.61 Å². The van der Waals surface area contributed by atoms with Crippen LogP contribution in [-0.2, 0) is 4.74 Å². The molecule has 1 aliphatic rings. The second-order valence-electron chi connectivity index (χ2n) is 11.4. The van der Waals surface area contributed by atoms with E-state index in [0.717, 1.165) is 31.3 Å². The van der Waals surface area contributed by atoms with Crippen molar-refractivity contribution in [3.05, 3.63) is 23.3 Å². The molecule has 2 heteroatoms. The fourth-order valence-corrected chi connectivity index (χ4v) is 5.12. The van der Waals surface area contributed by atoms with E-state index in [0.29, 0.717) is 5.92 Å². The molecule has 0 radical (unpaired) electrons. The maximum absolute atomic E-state index is 10.5. The third kappa shape index (κ3) is 12.6. The van der Waals surface area contributed by atoms with Crippen molar-refractivity contribution in [3.8, 4) is 0 Å². The molecule has 0 spiro atoms. The molecule has 6 atom stereocenters. The van der Waals surface area contributed by atoms with Gasteiger partial charge in [-0.15, -0.1) is 0 Å². The average Bonchev–Trinajstić information content (AvgIpc) is 2.78. The molecule has 0 bridgehead atoms. The van der Waals surface area contributed by atoms with Gasteiger partial charge in [0.2, 0.25) is 0 Å². The minimum absolute atomic E-state index is 0.191. The quantitative estimate of drug-likeness (QED) is 0.162. The van der Waals surface area contributed by atoms with Crippen molar-refractivity contribution < 1.29 is 9.84 Å². The molecule has 33 heavy (non-hydrogen) atoms. The Hall–Kier alpha value is -0.600. The number of aliphatic hydroxyl groups is 1. The van der Waals surface area contributed by atoms with Crippen LogP contribution in [0.15, 0.2) is 23.3 Å². The van der Waals surface area contributed by atoms with Gasteiger partial charge in [-0.25, -0.2) is 0 Å². The Kier molecular flexibility index (Phi) is 16.4. The Morgan fingerprint density at radius 3 is 2.30 bits per heavy atom. The average molecular weight is 463 g/mol. The molecule has 0 aromatic rings. The molecule has 0 aromatic heterocycles. The Bertz CT molecular complexity index is 549. The lowest BCUT2D eigenvalue weighted by Crippen LogP contribution is -2.39. The zero-order valence-corrected chi connectivity index (χ0v) is 23.4. The summed E-state index contributed by atoms with van der Waals surface area (Å²) in [5, 5.41) is 10.5. The predicted octanol–water partition coefficient (Wildman–Crippen LogP) is 9.27. The lowest BCUT2D eigenvalue weighted by atomic mass is 9.76. The van der Waals surface area contributed by atoms with Crippen LogP contribution < -0.4 is 0 Å². The van der Waals surface area contributed by atoms with Crippen LogP contribution in [-0.4, -0.2) is 23.9 Å². The van der Waals surface area contributed by atoms with Gasteiger partial charge in [-0.1, -0.05) is 97.8 Å². The van der Waals surface area contributed by atoms with Crippen molar-refractivity contribution in [2.75, 3.05) is 6.61 Å². The Morgan fingerprint density at radius 2 is 1.61 bits per heavy atom. The number of aliphatic hydroxyl groups excluding tert-OH is 1. The van der Waals surface area contributed by atoms with Gasteiger partial charge in [0.25, 0.3) is 0 Å². The summed E-state index contributed by atoms with van der Waals surface area (Å²) in [7, 11) is 0. The molecule has 6 unspecified atom stereocenters. The molecule has 1 aliphatic carbocycles. The minimum Gasteiger partial charge on any atom is -0.389 e. The summed E-state index contributed by atoms with van der Waals surface area (Å²) < 4.78 is 6.31. The number of ether oxygens (including phenoxy) is 1. The normalized spacial score (nSPS) is 25.7. The highest BCUT2D eigenvalue weighted by molar-refractivity contribution is 5.18. The van der Waals surface area contributed by atoms with Gasteiger partial charge in [-0.3, -0.25) is 0 Å². The molecular formula is C31H58O2. The Morgan fingerprint density at radius 1 is 0.939 bits per heavy atom. The van der Waals surface area contributed by atoms with Crippen molar-refractivity contribution in [1.29, 1.82) is 0 Å². The number of hydrogen-bond acceptors (Lipinski definition) is 2. The fourth-order valence-electron chi connectivity index (χ4n) is 5.12. The number of rotatable bonds is 18. The lowest BCUT2D eigenvalue weighted by molar-refractivity contribution is -0.0123. The fraction of sp³-hybridized carbons (Fsp3) is 0.871. The summed E-state index contributed by atoms with van der Waals surface area (Å²) in [5.41, 5.74) is 2.92.